The van der Waals surface area contributed by atoms with Crippen molar-refractivity contribution in [1.82, 2.24) is 14.3 Å². The molecule has 3 aromatic carbocycles. The highest BCUT2D eigenvalue weighted by Gasteiger charge is 2.15. The Balaban J connectivity index is 1.87. The van der Waals surface area contributed by atoms with Crippen molar-refractivity contribution in [3.63, 3.8) is 0 Å². The van der Waals surface area contributed by atoms with Crippen LogP contribution < -0.4 is 11.2 Å². The summed E-state index contributed by atoms with van der Waals surface area (Å²) in [6.45, 7) is 0.499. The molecule has 0 aliphatic carbocycles. The van der Waals surface area contributed by atoms with E-state index < -0.39 is 5.69 Å². The zero-order valence-electron chi connectivity index (χ0n) is 15.5. The van der Waals surface area contributed by atoms with Gasteiger partial charge < -0.3 is 0 Å². The fourth-order valence-electron chi connectivity index (χ4n) is 3.11. The molecule has 0 spiro atoms. The summed E-state index contributed by atoms with van der Waals surface area (Å²) in [6.07, 6.45) is 0. The maximum atomic E-state index is 13.2. The Bertz CT molecular complexity index is 1230. The first-order chi connectivity index (χ1) is 14.1. The van der Waals surface area contributed by atoms with E-state index >= 15 is 0 Å². The van der Waals surface area contributed by atoms with E-state index in [-0.39, 0.29) is 17.8 Å². The molecule has 0 bridgehead atoms. The summed E-state index contributed by atoms with van der Waals surface area (Å²) in [7, 11) is 0. The largest absolute Gasteiger partial charge is 0.348 e. The number of hydrogen-bond acceptors (Lipinski definition) is 3. The lowest BCUT2D eigenvalue weighted by Crippen LogP contribution is -2.42. The van der Waals surface area contributed by atoms with Gasteiger partial charge in [-0.3, -0.25) is 9.36 Å². The smallest absolute Gasteiger partial charge is 0.267 e. The van der Waals surface area contributed by atoms with Crippen LogP contribution in [0.4, 0.5) is 0 Å². The van der Waals surface area contributed by atoms with E-state index in [9.17, 15) is 9.59 Å². The molecule has 0 saturated heterocycles. The fraction of sp³-hybridized carbons (Fsp3) is 0.0870. The van der Waals surface area contributed by atoms with Crippen LogP contribution in [0.1, 0.15) is 11.1 Å². The Morgan fingerprint density at radius 1 is 0.724 bits per heavy atom. The van der Waals surface area contributed by atoms with E-state index in [4.69, 9.17) is 0 Å². The van der Waals surface area contributed by atoms with E-state index in [0.29, 0.717) is 12.1 Å². The van der Waals surface area contributed by atoms with Gasteiger partial charge in [-0.25, -0.2) is 9.48 Å². The first-order valence-electron chi connectivity index (χ1n) is 9.17. The Kier molecular flexibility index (Phi) is 5.71. The summed E-state index contributed by atoms with van der Waals surface area (Å²) >= 11 is 2.21. The van der Waals surface area contributed by atoms with Crippen molar-refractivity contribution >= 4 is 22.6 Å². The SMILES string of the molecule is O=c1c(-c2ccc(I)cc2)nn(Cc2ccccc2)c(=O)n1Cc1ccccc1. The van der Waals surface area contributed by atoms with Crippen LogP contribution in [0.5, 0.6) is 0 Å². The Hall–Kier alpha value is -3.00. The maximum absolute atomic E-state index is 13.2. The third-order valence-electron chi connectivity index (χ3n) is 4.60. The first-order valence-corrected chi connectivity index (χ1v) is 10.3. The quantitative estimate of drug-likeness (QED) is 0.397. The zero-order valence-corrected chi connectivity index (χ0v) is 17.7. The molecule has 4 rings (SSSR count). The van der Waals surface area contributed by atoms with Crippen LogP contribution in [0.15, 0.2) is 94.5 Å². The van der Waals surface area contributed by atoms with Crippen molar-refractivity contribution in [3.05, 3.63) is 120 Å². The lowest BCUT2D eigenvalue weighted by molar-refractivity contribution is 0.546. The monoisotopic (exact) mass is 495 g/mol. The molecule has 0 fully saturated rings. The second-order valence-corrected chi connectivity index (χ2v) is 7.90. The standard InChI is InChI=1S/C23H18IN3O2/c24-20-13-11-19(12-14-20)21-22(28)26(15-17-7-3-1-4-8-17)23(29)27(25-21)16-18-9-5-2-6-10-18/h1-14H,15-16H2. The predicted octanol–water partition coefficient (Wildman–Crippen LogP) is 3.77. The predicted molar refractivity (Wildman–Crippen MR) is 122 cm³/mol. The first kappa shape index (κ1) is 19.3. The van der Waals surface area contributed by atoms with Crippen molar-refractivity contribution in [3.8, 4) is 11.3 Å². The van der Waals surface area contributed by atoms with E-state index in [2.05, 4.69) is 27.7 Å². The molecule has 5 nitrogen and oxygen atoms in total. The molecule has 4 aromatic rings. The van der Waals surface area contributed by atoms with E-state index in [1.807, 2.05) is 84.9 Å². The highest BCUT2D eigenvalue weighted by Crippen LogP contribution is 2.15. The number of aromatic nitrogens is 3. The minimum absolute atomic E-state index is 0.202. The number of rotatable bonds is 5. The minimum atomic E-state index is -0.419. The van der Waals surface area contributed by atoms with E-state index in [1.54, 1.807) is 0 Å². The lowest BCUT2D eigenvalue weighted by atomic mass is 10.1. The Labute approximate surface area is 181 Å². The van der Waals surface area contributed by atoms with Crippen LogP contribution in [-0.4, -0.2) is 14.3 Å². The average molecular weight is 495 g/mol. The molecule has 0 aliphatic heterocycles. The van der Waals surface area contributed by atoms with Crippen molar-refractivity contribution in [2.45, 2.75) is 13.1 Å². The lowest BCUT2D eigenvalue weighted by Gasteiger charge is -2.12. The van der Waals surface area contributed by atoms with Crippen LogP contribution in [0, 0.1) is 3.57 Å². The van der Waals surface area contributed by atoms with Gasteiger partial charge in [0, 0.05) is 9.13 Å². The van der Waals surface area contributed by atoms with Crippen LogP contribution >= 0.6 is 22.6 Å². The molecule has 0 saturated carbocycles. The van der Waals surface area contributed by atoms with Gasteiger partial charge in [-0.15, -0.1) is 0 Å². The van der Waals surface area contributed by atoms with Crippen LogP contribution in [0.2, 0.25) is 0 Å². The van der Waals surface area contributed by atoms with Gasteiger partial charge >= 0.3 is 5.69 Å². The van der Waals surface area contributed by atoms with Gasteiger partial charge in [-0.05, 0) is 45.9 Å². The second-order valence-electron chi connectivity index (χ2n) is 6.66. The molecule has 0 N–H and O–H groups in total. The molecule has 0 unspecified atom stereocenters. The topological polar surface area (TPSA) is 56.9 Å². The molecule has 0 atom stereocenters. The van der Waals surface area contributed by atoms with Gasteiger partial charge in [0.2, 0.25) is 0 Å². The van der Waals surface area contributed by atoms with Gasteiger partial charge in [0.1, 0.15) is 0 Å². The molecule has 1 heterocycles. The van der Waals surface area contributed by atoms with Crippen molar-refractivity contribution in [2.24, 2.45) is 0 Å². The summed E-state index contributed by atoms with van der Waals surface area (Å²) in [5.74, 6) is 0. The number of nitrogens with zero attached hydrogens (tertiary/aromatic N) is 3. The molecule has 29 heavy (non-hydrogen) atoms. The summed E-state index contributed by atoms with van der Waals surface area (Å²) in [4.78, 5) is 26.3. The molecule has 144 valence electrons. The molecule has 0 radical (unpaired) electrons. The minimum Gasteiger partial charge on any atom is -0.267 e. The summed E-state index contributed by atoms with van der Waals surface area (Å²) in [6, 6.07) is 26.7. The van der Waals surface area contributed by atoms with E-state index in [0.717, 1.165) is 14.7 Å². The van der Waals surface area contributed by atoms with Gasteiger partial charge in [0.05, 0.1) is 13.1 Å². The third-order valence-corrected chi connectivity index (χ3v) is 5.32. The summed E-state index contributed by atoms with van der Waals surface area (Å²) in [5.41, 5.74) is 1.99. The Morgan fingerprint density at radius 2 is 1.28 bits per heavy atom. The van der Waals surface area contributed by atoms with Crippen molar-refractivity contribution in [2.75, 3.05) is 0 Å². The van der Waals surface area contributed by atoms with Crippen molar-refractivity contribution < 1.29 is 0 Å². The van der Waals surface area contributed by atoms with Crippen LogP contribution in [0.3, 0.4) is 0 Å². The molecule has 0 amide bonds. The zero-order chi connectivity index (χ0) is 20.2. The molecular weight excluding hydrogens is 477 g/mol. The van der Waals surface area contributed by atoms with E-state index in [1.165, 1.54) is 9.25 Å². The fourth-order valence-corrected chi connectivity index (χ4v) is 3.47. The average Bonchev–Trinajstić information content (AvgIpc) is 2.75. The number of benzene rings is 3. The van der Waals surface area contributed by atoms with Gasteiger partial charge in [0.15, 0.2) is 5.69 Å². The second kappa shape index (κ2) is 8.57. The van der Waals surface area contributed by atoms with Crippen LogP contribution in [-0.2, 0) is 13.1 Å². The highest BCUT2D eigenvalue weighted by molar-refractivity contribution is 14.1. The summed E-state index contributed by atoms with van der Waals surface area (Å²) in [5, 5.41) is 4.44. The van der Waals surface area contributed by atoms with Gasteiger partial charge in [-0.1, -0.05) is 72.8 Å². The van der Waals surface area contributed by atoms with Crippen molar-refractivity contribution in [1.29, 1.82) is 0 Å². The van der Waals surface area contributed by atoms with Crippen LogP contribution in [0.25, 0.3) is 11.3 Å². The molecule has 0 aliphatic rings. The highest BCUT2D eigenvalue weighted by atomic mass is 127. The Morgan fingerprint density at radius 3 is 1.86 bits per heavy atom. The van der Waals surface area contributed by atoms with Gasteiger partial charge in [0.25, 0.3) is 5.56 Å². The summed E-state index contributed by atoms with van der Waals surface area (Å²) < 4.78 is 3.69. The normalized spacial score (nSPS) is 10.8. The molecule has 1 aromatic heterocycles. The van der Waals surface area contributed by atoms with Gasteiger partial charge in [-0.2, -0.15) is 5.10 Å². The maximum Gasteiger partial charge on any atom is 0.348 e. The number of hydrogen-bond donors (Lipinski definition) is 0. The third kappa shape index (κ3) is 4.37. The molecular formula is C23H18IN3O2. The molecule has 6 heteroatoms. The number of halogens is 1.